The molecule has 0 spiro atoms. The van der Waals surface area contributed by atoms with E-state index in [9.17, 15) is 0 Å². The largest absolute Gasteiger partial charge is 0.478 e. The molecule has 0 aromatic carbocycles. The maximum absolute atomic E-state index is 5.37. The average molecular weight is 280 g/mol. The molecule has 1 aromatic heterocycles. The molecule has 5 heteroatoms. The minimum atomic E-state index is 0.363. The summed E-state index contributed by atoms with van der Waals surface area (Å²) >= 11 is 0. The van der Waals surface area contributed by atoms with Crippen molar-refractivity contribution in [3.8, 4) is 5.88 Å². The van der Waals surface area contributed by atoms with E-state index in [0.717, 1.165) is 26.1 Å². The van der Waals surface area contributed by atoms with Gasteiger partial charge in [-0.15, -0.1) is 0 Å². The molecule has 0 aliphatic heterocycles. The fourth-order valence-corrected chi connectivity index (χ4v) is 2.09. The molecule has 1 unspecified atom stereocenters. The summed E-state index contributed by atoms with van der Waals surface area (Å²) in [7, 11) is 0. The van der Waals surface area contributed by atoms with Crippen LogP contribution in [-0.4, -0.2) is 47.2 Å². The first-order valence-electron chi connectivity index (χ1n) is 7.64. The van der Waals surface area contributed by atoms with Crippen LogP contribution in [0.1, 0.15) is 40.5 Å². The van der Waals surface area contributed by atoms with Crippen LogP contribution in [0.3, 0.4) is 0 Å². The van der Waals surface area contributed by atoms with E-state index in [1.165, 1.54) is 6.42 Å². The molecule has 0 fully saturated rings. The molecule has 114 valence electrons. The number of nitrogens with one attached hydrogen (secondary N) is 1. The van der Waals surface area contributed by atoms with Crippen LogP contribution >= 0.6 is 0 Å². The standard InChI is InChI=1S/C15H28N4O/c1-5-19(6-2)12-8-9-13(4)17-15-16-11-10-14(18-15)20-7-3/h10-11,13H,5-9,12H2,1-4H3,(H,16,17,18). The van der Waals surface area contributed by atoms with Crippen LogP contribution in [0.15, 0.2) is 12.3 Å². The zero-order chi connectivity index (χ0) is 14.8. The van der Waals surface area contributed by atoms with E-state index >= 15 is 0 Å². The Labute approximate surface area is 122 Å². The number of anilines is 1. The second-order valence-corrected chi connectivity index (χ2v) is 4.87. The van der Waals surface area contributed by atoms with Crippen molar-refractivity contribution in [1.29, 1.82) is 0 Å². The van der Waals surface area contributed by atoms with Gasteiger partial charge in [-0.2, -0.15) is 4.98 Å². The van der Waals surface area contributed by atoms with Gasteiger partial charge in [0.25, 0.3) is 0 Å². The third-order valence-electron chi connectivity index (χ3n) is 3.30. The first kappa shape index (κ1) is 16.7. The number of aromatic nitrogens is 2. The van der Waals surface area contributed by atoms with Crippen molar-refractivity contribution >= 4 is 5.95 Å². The van der Waals surface area contributed by atoms with E-state index < -0.39 is 0 Å². The maximum Gasteiger partial charge on any atom is 0.226 e. The summed E-state index contributed by atoms with van der Waals surface area (Å²) in [5, 5.41) is 3.33. The SMILES string of the molecule is CCOc1ccnc(NC(C)CCCN(CC)CC)n1. The lowest BCUT2D eigenvalue weighted by Crippen LogP contribution is -2.26. The van der Waals surface area contributed by atoms with Crippen molar-refractivity contribution in [2.75, 3.05) is 31.6 Å². The molecular formula is C15H28N4O. The van der Waals surface area contributed by atoms with E-state index in [1.807, 2.05) is 6.92 Å². The summed E-state index contributed by atoms with van der Waals surface area (Å²) in [6.07, 6.45) is 4.02. The lowest BCUT2D eigenvalue weighted by atomic mass is 10.2. The Balaban J connectivity index is 2.34. The van der Waals surface area contributed by atoms with Crippen LogP contribution in [0.4, 0.5) is 5.95 Å². The van der Waals surface area contributed by atoms with E-state index in [2.05, 4.69) is 41.0 Å². The van der Waals surface area contributed by atoms with Gasteiger partial charge >= 0.3 is 0 Å². The van der Waals surface area contributed by atoms with Gasteiger partial charge in [0.1, 0.15) is 0 Å². The van der Waals surface area contributed by atoms with Gasteiger partial charge in [-0.25, -0.2) is 4.98 Å². The molecule has 0 radical (unpaired) electrons. The maximum atomic E-state index is 5.37. The molecule has 0 aliphatic carbocycles. The second kappa shape index (κ2) is 9.53. The van der Waals surface area contributed by atoms with Gasteiger partial charge in [-0.1, -0.05) is 13.8 Å². The summed E-state index contributed by atoms with van der Waals surface area (Å²) in [5.41, 5.74) is 0. The number of nitrogens with zero attached hydrogens (tertiary/aromatic N) is 3. The van der Waals surface area contributed by atoms with Crippen molar-refractivity contribution < 1.29 is 4.74 Å². The number of ether oxygens (including phenoxy) is 1. The Hall–Kier alpha value is -1.36. The highest BCUT2D eigenvalue weighted by Crippen LogP contribution is 2.10. The van der Waals surface area contributed by atoms with Crippen LogP contribution in [0, 0.1) is 0 Å². The Morgan fingerprint density at radius 3 is 2.70 bits per heavy atom. The van der Waals surface area contributed by atoms with E-state index in [1.54, 1.807) is 12.3 Å². The molecule has 20 heavy (non-hydrogen) atoms. The molecule has 1 heterocycles. The van der Waals surface area contributed by atoms with Crippen molar-refractivity contribution in [3.05, 3.63) is 12.3 Å². The van der Waals surface area contributed by atoms with Crippen LogP contribution in [-0.2, 0) is 0 Å². The minimum Gasteiger partial charge on any atom is -0.478 e. The summed E-state index contributed by atoms with van der Waals surface area (Å²) in [4.78, 5) is 11.0. The van der Waals surface area contributed by atoms with Crippen LogP contribution in [0.25, 0.3) is 0 Å². The van der Waals surface area contributed by atoms with Gasteiger partial charge in [0.15, 0.2) is 0 Å². The molecule has 0 aliphatic rings. The van der Waals surface area contributed by atoms with Gasteiger partial charge in [0.05, 0.1) is 6.61 Å². The summed E-state index contributed by atoms with van der Waals surface area (Å²) in [6.45, 7) is 12.5. The Kier molecular flexibility index (Phi) is 7.95. The smallest absolute Gasteiger partial charge is 0.226 e. The minimum absolute atomic E-state index is 0.363. The van der Waals surface area contributed by atoms with Crippen molar-refractivity contribution in [3.63, 3.8) is 0 Å². The Bertz CT molecular complexity index is 369. The molecule has 1 aromatic rings. The Morgan fingerprint density at radius 1 is 1.30 bits per heavy atom. The topological polar surface area (TPSA) is 50.3 Å². The van der Waals surface area contributed by atoms with Crippen LogP contribution < -0.4 is 10.1 Å². The van der Waals surface area contributed by atoms with Gasteiger partial charge in [-0.3, -0.25) is 0 Å². The monoisotopic (exact) mass is 280 g/mol. The van der Waals surface area contributed by atoms with E-state index in [4.69, 9.17) is 4.74 Å². The first-order valence-corrected chi connectivity index (χ1v) is 7.64. The lowest BCUT2D eigenvalue weighted by Gasteiger charge is -2.19. The number of rotatable bonds is 10. The Morgan fingerprint density at radius 2 is 2.05 bits per heavy atom. The highest BCUT2D eigenvalue weighted by Gasteiger charge is 2.06. The van der Waals surface area contributed by atoms with Gasteiger partial charge < -0.3 is 15.0 Å². The van der Waals surface area contributed by atoms with E-state index in [-0.39, 0.29) is 0 Å². The first-order chi connectivity index (χ1) is 9.69. The quantitative estimate of drug-likeness (QED) is 0.714. The molecular weight excluding hydrogens is 252 g/mol. The fraction of sp³-hybridized carbons (Fsp3) is 0.733. The molecule has 1 N–H and O–H groups in total. The normalized spacial score (nSPS) is 12.4. The molecule has 1 rings (SSSR count). The molecule has 0 amide bonds. The van der Waals surface area contributed by atoms with Crippen LogP contribution in [0.2, 0.25) is 0 Å². The zero-order valence-electron chi connectivity index (χ0n) is 13.2. The van der Waals surface area contributed by atoms with E-state index in [0.29, 0.717) is 24.5 Å². The van der Waals surface area contributed by atoms with Gasteiger partial charge in [-0.05, 0) is 46.3 Å². The van der Waals surface area contributed by atoms with Gasteiger partial charge in [0, 0.05) is 18.3 Å². The van der Waals surface area contributed by atoms with Gasteiger partial charge in [0.2, 0.25) is 11.8 Å². The number of hydrogen-bond acceptors (Lipinski definition) is 5. The second-order valence-electron chi connectivity index (χ2n) is 4.87. The predicted molar refractivity (Wildman–Crippen MR) is 83.3 cm³/mol. The zero-order valence-corrected chi connectivity index (χ0v) is 13.2. The molecule has 0 bridgehead atoms. The lowest BCUT2D eigenvalue weighted by molar-refractivity contribution is 0.295. The highest BCUT2D eigenvalue weighted by atomic mass is 16.5. The molecule has 1 atom stereocenters. The molecule has 0 saturated heterocycles. The third-order valence-corrected chi connectivity index (χ3v) is 3.30. The van der Waals surface area contributed by atoms with Crippen molar-refractivity contribution in [1.82, 2.24) is 14.9 Å². The summed E-state index contributed by atoms with van der Waals surface area (Å²) < 4.78 is 5.37. The summed E-state index contributed by atoms with van der Waals surface area (Å²) in [6, 6.07) is 2.14. The van der Waals surface area contributed by atoms with Crippen molar-refractivity contribution in [2.24, 2.45) is 0 Å². The molecule has 5 nitrogen and oxygen atoms in total. The fourth-order valence-electron chi connectivity index (χ4n) is 2.09. The molecule has 0 saturated carbocycles. The summed E-state index contributed by atoms with van der Waals surface area (Å²) in [5.74, 6) is 1.27. The van der Waals surface area contributed by atoms with Crippen molar-refractivity contribution in [2.45, 2.75) is 46.6 Å². The third kappa shape index (κ3) is 6.19. The average Bonchev–Trinajstić information content (AvgIpc) is 2.44. The van der Waals surface area contributed by atoms with Crippen LogP contribution in [0.5, 0.6) is 5.88 Å². The number of hydrogen-bond donors (Lipinski definition) is 1. The highest BCUT2D eigenvalue weighted by molar-refractivity contribution is 5.28. The predicted octanol–water partition coefficient (Wildman–Crippen LogP) is 2.80.